The molecular formula is C14H10F3NO2. The van der Waals surface area contributed by atoms with E-state index in [4.69, 9.17) is 4.74 Å². The minimum absolute atomic E-state index is 0.000903. The molecule has 104 valence electrons. The van der Waals surface area contributed by atoms with Crippen LogP contribution < -0.4 is 4.74 Å². The van der Waals surface area contributed by atoms with Crippen LogP contribution in [0.5, 0.6) is 11.5 Å². The van der Waals surface area contributed by atoms with Crippen LogP contribution in [0.3, 0.4) is 0 Å². The van der Waals surface area contributed by atoms with Crippen LogP contribution in [-0.2, 0) is 6.18 Å². The van der Waals surface area contributed by atoms with Crippen molar-refractivity contribution < 1.29 is 22.7 Å². The molecule has 1 aromatic carbocycles. The number of carbonyl (C=O) groups is 1. The van der Waals surface area contributed by atoms with Crippen molar-refractivity contribution in [1.29, 1.82) is 0 Å². The van der Waals surface area contributed by atoms with Crippen molar-refractivity contribution in [2.24, 2.45) is 0 Å². The summed E-state index contributed by atoms with van der Waals surface area (Å²) in [4.78, 5) is 14.6. The first-order valence-corrected chi connectivity index (χ1v) is 5.67. The summed E-state index contributed by atoms with van der Waals surface area (Å²) in [5.41, 5.74) is -0.889. The number of carbonyl (C=O) groups excluding carboxylic acids is 1. The molecular weight excluding hydrogens is 271 g/mol. The molecule has 0 saturated carbocycles. The van der Waals surface area contributed by atoms with E-state index in [0.29, 0.717) is 11.4 Å². The molecule has 0 amide bonds. The van der Waals surface area contributed by atoms with Crippen LogP contribution in [0.15, 0.2) is 36.5 Å². The number of halogens is 3. The van der Waals surface area contributed by atoms with Crippen molar-refractivity contribution >= 4 is 6.29 Å². The Balaban J connectivity index is 2.40. The highest BCUT2D eigenvalue weighted by molar-refractivity contribution is 5.78. The van der Waals surface area contributed by atoms with Crippen molar-refractivity contribution in [3.63, 3.8) is 0 Å². The van der Waals surface area contributed by atoms with Gasteiger partial charge in [0.25, 0.3) is 0 Å². The van der Waals surface area contributed by atoms with Gasteiger partial charge in [0, 0.05) is 11.8 Å². The number of hydrogen-bond donors (Lipinski definition) is 0. The molecule has 6 heteroatoms. The molecule has 0 N–H and O–H groups in total. The lowest BCUT2D eigenvalue weighted by Crippen LogP contribution is -2.09. The normalized spacial score (nSPS) is 11.2. The summed E-state index contributed by atoms with van der Waals surface area (Å²) >= 11 is 0. The van der Waals surface area contributed by atoms with Gasteiger partial charge < -0.3 is 4.74 Å². The van der Waals surface area contributed by atoms with Gasteiger partial charge in [-0.2, -0.15) is 13.2 Å². The fourth-order valence-electron chi connectivity index (χ4n) is 1.65. The second-order valence-corrected chi connectivity index (χ2v) is 4.05. The summed E-state index contributed by atoms with van der Waals surface area (Å²) < 4.78 is 43.8. The van der Waals surface area contributed by atoms with Gasteiger partial charge in [0.1, 0.15) is 11.5 Å². The first-order valence-electron chi connectivity index (χ1n) is 5.67. The molecule has 1 aromatic heterocycles. The van der Waals surface area contributed by atoms with Crippen LogP contribution in [0.4, 0.5) is 13.2 Å². The maximum absolute atomic E-state index is 12.8. The number of aromatic nitrogens is 1. The quantitative estimate of drug-likeness (QED) is 0.798. The fourth-order valence-corrected chi connectivity index (χ4v) is 1.65. The van der Waals surface area contributed by atoms with E-state index in [1.165, 1.54) is 6.07 Å². The molecule has 2 aromatic rings. The molecule has 1 heterocycles. The van der Waals surface area contributed by atoms with Crippen LogP contribution in [0.2, 0.25) is 0 Å². The highest BCUT2D eigenvalue weighted by Crippen LogP contribution is 2.35. The summed E-state index contributed by atoms with van der Waals surface area (Å²) in [6, 6.07) is 6.41. The van der Waals surface area contributed by atoms with Gasteiger partial charge in [-0.3, -0.25) is 9.78 Å². The molecule has 0 fully saturated rings. The molecule has 0 radical (unpaired) electrons. The molecule has 0 aliphatic heterocycles. The lowest BCUT2D eigenvalue weighted by atomic mass is 10.1. The number of aldehydes is 1. The van der Waals surface area contributed by atoms with Crippen molar-refractivity contribution in [3.05, 3.63) is 53.3 Å². The number of hydrogen-bond acceptors (Lipinski definition) is 3. The topological polar surface area (TPSA) is 39.2 Å². The lowest BCUT2D eigenvalue weighted by molar-refractivity contribution is -0.137. The minimum Gasteiger partial charge on any atom is -0.455 e. The zero-order chi connectivity index (χ0) is 14.8. The monoisotopic (exact) mass is 281 g/mol. The Labute approximate surface area is 113 Å². The Kier molecular flexibility index (Phi) is 3.74. The van der Waals surface area contributed by atoms with Gasteiger partial charge in [0.2, 0.25) is 0 Å². The predicted octanol–water partition coefficient (Wildman–Crippen LogP) is 4.01. The third-order valence-corrected chi connectivity index (χ3v) is 2.64. The van der Waals surface area contributed by atoms with Crippen molar-refractivity contribution in [3.8, 4) is 11.5 Å². The van der Waals surface area contributed by atoms with Gasteiger partial charge in [0.05, 0.1) is 11.3 Å². The van der Waals surface area contributed by atoms with Gasteiger partial charge in [0.15, 0.2) is 6.29 Å². The van der Waals surface area contributed by atoms with E-state index in [0.717, 1.165) is 12.1 Å². The van der Waals surface area contributed by atoms with E-state index in [1.54, 1.807) is 25.3 Å². The van der Waals surface area contributed by atoms with Crippen molar-refractivity contribution in [2.75, 3.05) is 0 Å². The summed E-state index contributed by atoms with van der Waals surface area (Å²) in [5, 5.41) is 0. The summed E-state index contributed by atoms with van der Waals surface area (Å²) in [6.07, 6.45) is -2.89. The maximum atomic E-state index is 12.8. The molecule has 2 rings (SSSR count). The number of rotatable bonds is 3. The molecule has 0 saturated heterocycles. The summed E-state index contributed by atoms with van der Waals surface area (Å²) in [6.45, 7) is 1.68. The molecule has 0 spiro atoms. The van der Waals surface area contributed by atoms with E-state index in [-0.39, 0.29) is 12.0 Å². The predicted molar refractivity (Wildman–Crippen MR) is 65.9 cm³/mol. The van der Waals surface area contributed by atoms with Crippen molar-refractivity contribution in [2.45, 2.75) is 13.1 Å². The first-order chi connectivity index (χ1) is 9.41. The van der Waals surface area contributed by atoms with Gasteiger partial charge in [-0.1, -0.05) is 0 Å². The number of benzene rings is 1. The maximum Gasteiger partial charge on any atom is 0.417 e. The molecule has 0 aliphatic carbocycles. The molecule has 0 aliphatic rings. The zero-order valence-corrected chi connectivity index (χ0v) is 10.4. The smallest absolute Gasteiger partial charge is 0.417 e. The third-order valence-electron chi connectivity index (χ3n) is 2.64. The molecule has 0 bridgehead atoms. The number of pyridine rings is 1. The Morgan fingerprint density at radius 3 is 2.60 bits per heavy atom. The van der Waals surface area contributed by atoms with Gasteiger partial charge in [-0.05, 0) is 37.3 Å². The highest BCUT2D eigenvalue weighted by atomic mass is 19.4. The standard InChI is InChI=1S/C14H10F3NO2/c1-9-13(3-2-6-18-9)20-11-5-4-10(8-19)12(7-11)14(15,16)17/h2-8H,1H3. The first kappa shape index (κ1) is 14.0. The minimum atomic E-state index is -4.61. The number of ether oxygens (including phenoxy) is 1. The molecule has 0 atom stereocenters. The van der Waals surface area contributed by atoms with Crippen molar-refractivity contribution in [1.82, 2.24) is 4.98 Å². The van der Waals surface area contributed by atoms with E-state index < -0.39 is 17.3 Å². The zero-order valence-electron chi connectivity index (χ0n) is 10.4. The van der Waals surface area contributed by atoms with Gasteiger partial charge >= 0.3 is 6.18 Å². The number of nitrogens with zero attached hydrogens (tertiary/aromatic N) is 1. The average molecular weight is 281 g/mol. The largest absolute Gasteiger partial charge is 0.455 e. The summed E-state index contributed by atoms with van der Waals surface area (Å²) in [7, 11) is 0. The van der Waals surface area contributed by atoms with E-state index in [2.05, 4.69) is 4.98 Å². The Bertz CT molecular complexity index is 639. The number of alkyl halides is 3. The second-order valence-electron chi connectivity index (χ2n) is 4.05. The van der Waals surface area contributed by atoms with Crippen LogP contribution >= 0.6 is 0 Å². The molecule has 20 heavy (non-hydrogen) atoms. The van der Waals surface area contributed by atoms with Gasteiger partial charge in [-0.25, -0.2) is 0 Å². The average Bonchev–Trinajstić information content (AvgIpc) is 2.40. The Hall–Kier alpha value is -2.37. The van der Waals surface area contributed by atoms with Crippen LogP contribution in [0, 0.1) is 6.92 Å². The van der Waals surface area contributed by atoms with Crippen LogP contribution in [0.1, 0.15) is 21.6 Å². The molecule has 0 unspecified atom stereocenters. The van der Waals surface area contributed by atoms with E-state index >= 15 is 0 Å². The summed E-state index contributed by atoms with van der Waals surface area (Å²) in [5.74, 6) is 0.360. The highest BCUT2D eigenvalue weighted by Gasteiger charge is 2.33. The lowest BCUT2D eigenvalue weighted by Gasteiger charge is -2.12. The second kappa shape index (κ2) is 5.32. The Morgan fingerprint density at radius 1 is 1.25 bits per heavy atom. The SMILES string of the molecule is Cc1ncccc1Oc1ccc(C=O)c(C(F)(F)F)c1. The number of aryl methyl sites for hydroxylation is 1. The third kappa shape index (κ3) is 2.96. The van der Waals surface area contributed by atoms with Gasteiger partial charge in [-0.15, -0.1) is 0 Å². The fraction of sp³-hybridized carbons (Fsp3) is 0.143. The van der Waals surface area contributed by atoms with E-state index in [1.807, 2.05) is 0 Å². The molecule has 3 nitrogen and oxygen atoms in total. The van der Waals surface area contributed by atoms with Crippen LogP contribution in [-0.4, -0.2) is 11.3 Å². The van der Waals surface area contributed by atoms with Crippen LogP contribution in [0.25, 0.3) is 0 Å². The Morgan fingerprint density at radius 2 is 2.00 bits per heavy atom. The van der Waals surface area contributed by atoms with E-state index in [9.17, 15) is 18.0 Å².